The summed E-state index contributed by atoms with van der Waals surface area (Å²) in [7, 11) is 0. The van der Waals surface area contributed by atoms with Gasteiger partial charge in [-0.1, -0.05) is 6.07 Å². The Labute approximate surface area is 95.0 Å². The molecule has 85 valence electrons. The lowest BCUT2D eigenvalue weighted by molar-refractivity contribution is -0.183. The number of nitrogens with one attached hydrogen (secondary N) is 1. The highest BCUT2D eigenvalue weighted by Crippen LogP contribution is 2.38. The molecule has 0 saturated carbocycles. The number of piperidine rings is 1. The predicted molar refractivity (Wildman–Crippen MR) is 57.7 cm³/mol. The van der Waals surface area contributed by atoms with Gasteiger partial charge in [0.1, 0.15) is 6.10 Å². The third kappa shape index (κ3) is 1.84. The fourth-order valence-corrected chi connectivity index (χ4v) is 2.30. The molecule has 3 heterocycles. The number of aromatic nitrogens is 1. The van der Waals surface area contributed by atoms with Gasteiger partial charge in [-0.3, -0.25) is 4.98 Å². The first-order valence-corrected chi connectivity index (χ1v) is 5.73. The molecule has 0 bridgehead atoms. The van der Waals surface area contributed by atoms with Gasteiger partial charge >= 0.3 is 0 Å². The maximum atomic E-state index is 6.04. The molecule has 0 amide bonds. The van der Waals surface area contributed by atoms with Crippen molar-refractivity contribution < 1.29 is 9.47 Å². The minimum atomic E-state index is -0.362. The van der Waals surface area contributed by atoms with E-state index >= 15 is 0 Å². The van der Waals surface area contributed by atoms with Crippen molar-refractivity contribution in [3.05, 3.63) is 30.1 Å². The molecule has 2 aliphatic heterocycles. The van der Waals surface area contributed by atoms with Gasteiger partial charge in [0.05, 0.1) is 12.8 Å². The fourth-order valence-electron chi connectivity index (χ4n) is 2.30. The number of hydrogen-bond donors (Lipinski definition) is 1. The number of nitrogens with zero attached hydrogens (tertiary/aromatic N) is 1. The van der Waals surface area contributed by atoms with Crippen LogP contribution in [0.15, 0.2) is 18.3 Å². The third-order valence-electron chi connectivity index (χ3n) is 3.20. The molecular weight excluding hydrogens is 204 g/mol. The van der Waals surface area contributed by atoms with Crippen molar-refractivity contribution in [3.8, 4) is 0 Å². The van der Waals surface area contributed by atoms with E-state index in [1.165, 1.54) is 0 Å². The number of ether oxygens (including phenoxy) is 2. The van der Waals surface area contributed by atoms with Gasteiger partial charge in [0, 0.05) is 37.7 Å². The van der Waals surface area contributed by atoms with E-state index in [4.69, 9.17) is 9.47 Å². The molecule has 2 fully saturated rings. The van der Waals surface area contributed by atoms with Crippen LogP contribution in [0, 0.1) is 6.20 Å². The van der Waals surface area contributed by atoms with Crippen LogP contribution in [0.25, 0.3) is 0 Å². The van der Waals surface area contributed by atoms with E-state index in [1.54, 1.807) is 6.20 Å². The van der Waals surface area contributed by atoms with Gasteiger partial charge in [0.25, 0.3) is 0 Å². The molecule has 0 aliphatic carbocycles. The average molecular weight is 219 g/mol. The van der Waals surface area contributed by atoms with Crippen molar-refractivity contribution in [3.63, 3.8) is 0 Å². The summed E-state index contributed by atoms with van der Waals surface area (Å²) in [5.74, 6) is -0.362. The molecule has 1 N–H and O–H groups in total. The van der Waals surface area contributed by atoms with Crippen LogP contribution in [0.2, 0.25) is 0 Å². The second kappa shape index (κ2) is 4.13. The van der Waals surface area contributed by atoms with E-state index < -0.39 is 0 Å². The molecule has 1 radical (unpaired) electrons. The minimum absolute atomic E-state index is 0.00759. The maximum Gasteiger partial charge on any atom is 0.171 e. The van der Waals surface area contributed by atoms with Crippen LogP contribution in [0.4, 0.5) is 0 Å². The van der Waals surface area contributed by atoms with Gasteiger partial charge < -0.3 is 14.8 Å². The summed E-state index contributed by atoms with van der Waals surface area (Å²) in [6, 6.07) is 3.89. The van der Waals surface area contributed by atoms with Crippen molar-refractivity contribution in [2.45, 2.75) is 24.7 Å². The minimum Gasteiger partial charge on any atom is -0.347 e. The van der Waals surface area contributed by atoms with Crippen LogP contribution in [0.3, 0.4) is 0 Å². The average Bonchev–Trinajstić information content (AvgIpc) is 2.75. The summed E-state index contributed by atoms with van der Waals surface area (Å²) in [5.41, 5.74) is 0.984. The zero-order chi connectivity index (χ0) is 10.8. The summed E-state index contributed by atoms with van der Waals surface area (Å²) in [6.07, 6.45) is 6.52. The van der Waals surface area contributed by atoms with Gasteiger partial charge in [0.2, 0.25) is 0 Å². The number of pyridine rings is 1. The van der Waals surface area contributed by atoms with Crippen molar-refractivity contribution >= 4 is 0 Å². The molecule has 1 atom stereocenters. The molecule has 16 heavy (non-hydrogen) atoms. The molecule has 1 aromatic heterocycles. The molecule has 2 saturated heterocycles. The zero-order valence-corrected chi connectivity index (χ0v) is 9.11. The highest BCUT2D eigenvalue weighted by atomic mass is 16.7. The summed E-state index contributed by atoms with van der Waals surface area (Å²) in [4.78, 5) is 3.99. The lowest BCUT2D eigenvalue weighted by Gasteiger charge is -2.32. The molecule has 0 aromatic carbocycles. The molecule has 4 heteroatoms. The Morgan fingerprint density at radius 2 is 2.31 bits per heavy atom. The molecule has 2 aliphatic rings. The van der Waals surface area contributed by atoms with E-state index in [0.717, 1.165) is 31.5 Å². The van der Waals surface area contributed by atoms with Crippen molar-refractivity contribution in [2.75, 3.05) is 19.7 Å². The van der Waals surface area contributed by atoms with Gasteiger partial charge in [-0.05, 0) is 6.07 Å². The normalized spacial score (nSPS) is 28.4. The Hall–Kier alpha value is -0.970. The van der Waals surface area contributed by atoms with Crippen LogP contribution in [0.5, 0.6) is 0 Å². The smallest absolute Gasteiger partial charge is 0.171 e. The number of rotatable bonds is 1. The van der Waals surface area contributed by atoms with Crippen LogP contribution in [-0.2, 0) is 9.47 Å². The Balaban J connectivity index is 1.73. The summed E-state index contributed by atoms with van der Waals surface area (Å²) >= 11 is 0. The predicted octanol–water partition coefficient (Wildman–Crippen LogP) is 1.05. The van der Waals surface area contributed by atoms with Gasteiger partial charge in [0.15, 0.2) is 5.79 Å². The van der Waals surface area contributed by atoms with Crippen LogP contribution in [-0.4, -0.2) is 30.5 Å². The molecule has 1 unspecified atom stereocenters. The van der Waals surface area contributed by atoms with E-state index in [2.05, 4.69) is 16.5 Å². The van der Waals surface area contributed by atoms with E-state index in [-0.39, 0.29) is 11.9 Å². The second-order valence-electron chi connectivity index (χ2n) is 4.28. The Kier molecular flexibility index (Phi) is 2.63. The van der Waals surface area contributed by atoms with Crippen LogP contribution >= 0.6 is 0 Å². The summed E-state index contributed by atoms with van der Waals surface area (Å²) in [5, 5.41) is 3.31. The number of hydrogen-bond acceptors (Lipinski definition) is 4. The fraction of sp³-hybridized carbons (Fsp3) is 0.583. The van der Waals surface area contributed by atoms with E-state index in [0.29, 0.717) is 6.61 Å². The first-order chi connectivity index (χ1) is 7.88. The monoisotopic (exact) mass is 219 g/mol. The quantitative estimate of drug-likeness (QED) is 0.766. The van der Waals surface area contributed by atoms with Crippen molar-refractivity contribution in [1.29, 1.82) is 0 Å². The second-order valence-corrected chi connectivity index (χ2v) is 4.28. The molecule has 4 nitrogen and oxygen atoms in total. The van der Waals surface area contributed by atoms with E-state index in [9.17, 15) is 0 Å². The lowest BCUT2D eigenvalue weighted by atomic mass is 10.1. The Morgan fingerprint density at radius 1 is 1.44 bits per heavy atom. The van der Waals surface area contributed by atoms with Crippen LogP contribution in [0.1, 0.15) is 24.5 Å². The standard InChI is InChI=1S/C12H15N2O2/c1-2-10(8-14-5-1)11-9-15-12(16-11)3-6-13-7-4-12/h1-2,5,11,13H,3-4,6-7,9H2. The van der Waals surface area contributed by atoms with Crippen molar-refractivity contribution in [2.24, 2.45) is 0 Å². The summed E-state index contributed by atoms with van der Waals surface area (Å²) < 4.78 is 11.9. The summed E-state index contributed by atoms with van der Waals surface area (Å²) in [6.45, 7) is 2.54. The Bertz CT molecular complexity index is 349. The Morgan fingerprint density at radius 3 is 3.06 bits per heavy atom. The van der Waals surface area contributed by atoms with E-state index in [1.807, 2.05) is 12.1 Å². The molecule has 1 spiro atoms. The zero-order valence-electron chi connectivity index (χ0n) is 9.11. The topological polar surface area (TPSA) is 43.4 Å². The molecular formula is C12H15N2O2. The van der Waals surface area contributed by atoms with Gasteiger partial charge in [-0.15, -0.1) is 0 Å². The molecule has 1 aromatic rings. The highest BCUT2D eigenvalue weighted by Gasteiger charge is 2.42. The first kappa shape index (κ1) is 10.2. The van der Waals surface area contributed by atoms with Gasteiger partial charge in [-0.2, -0.15) is 0 Å². The first-order valence-electron chi connectivity index (χ1n) is 5.73. The van der Waals surface area contributed by atoms with Crippen LogP contribution < -0.4 is 5.32 Å². The third-order valence-corrected chi connectivity index (χ3v) is 3.20. The van der Waals surface area contributed by atoms with Crippen molar-refractivity contribution in [1.82, 2.24) is 10.3 Å². The largest absolute Gasteiger partial charge is 0.347 e. The molecule has 3 rings (SSSR count). The van der Waals surface area contributed by atoms with Gasteiger partial charge in [-0.25, -0.2) is 0 Å². The maximum absolute atomic E-state index is 6.04. The lowest BCUT2D eigenvalue weighted by Crippen LogP contribution is -2.42. The SMILES string of the molecule is [c]1ncccc1C1COC2(CCNCC2)O1. The highest BCUT2D eigenvalue weighted by molar-refractivity contribution is 5.12.